The Balaban J connectivity index is 1.88. The van der Waals surface area contributed by atoms with E-state index in [2.05, 4.69) is 22.0 Å². The van der Waals surface area contributed by atoms with Crippen molar-refractivity contribution in [2.45, 2.75) is 25.7 Å². The lowest BCUT2D eigenvalue weighted by atomic mass is 10.1. The molecule has 0 unspecified atom stereocenters. The van der Waals surface area contributed by atoms with Crippen LogP contribution in [0.25, 0.3) is 0 Å². The largest absolute Gasteiger partial charge is 0.465 e. The van der Waals surface area contributed by atoms with E-state index in [1.54, 1.807) is 18.2 Å². The molecule has 0 atom stereocenters. The maximum absolute atomic E-state index is 11.5. The average molecular weight is 396 g/mol. The van der Waals surface area contributed by atoms with Gasteiger partial charge >= 0.3 is 5.97 Å². The van der Waals surface area contributed by atoms with Gasteiger partial charge in [0.05, 0.1) is 22.2 Å². The molecule has 0 bridgehead atoms. The molecule has 0 heterocycles. The molecule has 0 N–H and O–H groups in total. The van der Waals surface area contributed by atoms with Crippen molar-refractivity contribution in [2.24, 2.45) is 0 Å². The molecule has 0 radical (unpaired) electrons. The Morgan fingerprint density at radius 1 is 1.26 bits per heavy atom. The molecule has 3 nitrogen and oxygen atoms in total. The first-order valence-electron chi connectivity index (χ1n) is 7.35. The molecule has 1 aliphatic rings. The second-order valence-electron chi connectivity index (χ2n) is 5.66. The highest BCUT2D eigenvalue weighted by molar-refractivity contribution is 9.10. The maximum Gasteiger partial charge on any atom is 0.337 e. The first-order chi connectivity index (χ1) is 11.0. The topological polar surface area (TPSA) is 35.5 Å². The quantitative estimate of drug-likeness (QED) is 0.608. The normalized spacial score (nSPS) is 13.7. The highest BCUT2D eigenvalue weighted by Crippen LogP contribution is 2.44. The summed E-state index contributed by atoms with van der Waals surface area (Å²) in [4.78, 5) is 11.5. The summed E-state index contributed by atoms with van der Waals surface area (Å²) in [5.74, 6) is 1.50. The van der Waals surface area contributed by atoms with Crippen molar-refractivity contribution in [3.63, 3.8) is 0 Å². The summed E-state index contributed by atoms with van der Waals surface area (Å²) in [7, 11) is 1.35. The number of ether oxygens (including phenoxy) is 2. The molecule has 3 rings (SSSR count). The van der Waals surface area contributed by atoms with Gasteiger partial charge in [-0.2, -0.15) is 0 Å². The van der Waals surface area contributed by atoms with Crippen molar-refractivity contribution in [1.82, 2.24) is 0 Å². The van der Waals surface area contributed by atoms with Crippen LogP contribution in [-0.4, -0.2) is 13.1 Å². The Hall–Kier alpha value is -1.52. The molecular weight excluding hydrogens is 380 g/mol. The molecule has 5 heteroatoms. The van der Waals surface area contributed by atoms with Crippen molar-refractivity contribution in [1.29, 1.82) is 0 Å². The third-order valence-electron chi connectivity index (χ3n) is 3.87. The predicted molar refractivity (Wildman–Crippen MR) is 93.7 cm³/mol. The first-order valence-corrected chi connectivity index (χ1v) is 8.52. The summed E-state index contributed by atoms with van der Waals surface area (Å²) in [6.07, 6.45) is 2.47. The highest BCUT2D eigenvalue weighted by atomic mass is 79.9. The zero-order chi connectivity index (χ0) is 16.6. The van der Waals surface area contributed by atoms with Gasteiger partial charge in [0, 0.05) is 0 Å². The molecule has 23 heavy (non-hydrogen) atoms. The number of methoxy groups -OCH3 is 1. The summed E-state index contributed by atoms with van der Waals surface area (Å²) >= 11 is 9.82. The van der Waals surface area contributed by atoms with Crippen molar-refractivity contribution in [3.05, 3.63) is 56.5 Å². The van der Waals surface area contributed by atoms with Gasteiger partial charge in [0.1, 0.15) is 11.5 Å². The van der Waals surface area contributed by atoms with Crippen LogP contribution >= 0.6 is 27.5 Å². The average Bonchev–Trinajstić information content (AvgIpc) is 3.36. The lowest BCUT2D eigenvalue weighted by molar-refractivity contribution is 0.0600. The van der Waals surface area contributed by atoms with Gasteiger partial charge in [0.2, 0.25) is 0 Å². The second-order valence-corrected chi connectivity index (χ2v) is 6.92. The maximum atomic E-state index is 11.5. The number of hydrogen-bond donors (Lipinski definition) is 0. The van der Waals surface area contributed by atoms with Crippen LogP contribution < -0.4 is 4.74 Å². The summed E-state index contributed by atoms with van der Waals surface area (Å²) in [5.41, 5.74) is 2.74. The number of carbonyl (C=O) groups is 1. The van der Waals surface area contributed by atoms with E-state index in [1.807, 2.05) is 13.0 Å². The zero-order valence-electron chi connectivity index (χ0n) is 12.9. The van der Waals surface area contributed by atoms with E-state index < -0.39 is 0 Å². The SMILES string of the molecule is COC(=O)c1ccc(Oc2c(C)cc(C3CC3)cc2Cl)c(Br)c1. The molecule has 0 aliphatic heterocycles. The number of aryl methyl sites for hydroxylation is 1. The molecule has 0 spiro atoms. The molecule has 2 aromatic rings. The van der Waals surface area contributed by atoms with Crippen LogP contribution in [0, 0.1) is 6.92 Å². The van der Waals surface area contributed by atoms with E-state index in [0.29, 0.717) is 32.5 Å². The Morgan fingerprint density at radius 2 is 2.00 bits per heavy atom. The summed E-state index contributed by atoms with van der Waals surface area (Å²) < 4.78 is 11.3. The molecule has 0 amide bonds. The number of rotatable bonds is 4. The number of carbonyl (C=O) groups excluding carboxylic acids is 1. The predicted octanol–water partition coefficient (Wildman–Crippen LogP) is 5.87. The smallest absolute Gasteiger partial charge is 0.337 e. The van der Waals surface area contributed by atoms with Gasteiger partial charge in [-0.3, -0.25) is 0 Å². The first kappa shape index (κ1) is 16.3. The van der Waals surface area contributed by atoms with Gasteiger partial charge in [-0.15, -0.1) is 0 Å². The van der Waals surface area contributed by atoms with Crippen molar-refractivity contribution in [2.75, 3.05) is 7.11 Å². The standard InChI is InChI=1S/C18H16BrClO3/c1-10-7-13(11-3-4-11)9-15(20)17(10)23-16-6-5-12(8-14(16)19)18(21)22-2/h5-9,11H,3-4H2,1-2H3. The van der Waals surface area contributed by atoms with E-state index in [0.717, 1.165) is 5.56 Å². The number of halogens is 2. The number of esters is 1. The fourth-order valence-corrected chi connectivity index (χ4v) is 3.25. The molecule has 1 aliphatic carbocycles. The van der Waals surface area contributed by atoms with E-state index in [1.165, 1.54) is 25.5 Å². The minimum atomic E-state index is -0.389. The van der Waals surface area contributed by atoms with E-state index in [9.17, 15) is 4.79 Å². The summed E-state index contributed by atoms with van der Waals surface area (Å²) in [6, 6.07) is 9.17. The van der Waals surface area contributed by atoms with Gasteiger partial charge in [-0.05, 0) is 77.0 Å². The van der Waals surface area contributed by atoms with Gasteiger partial charge in [-0.1, -0.05) is 17.7 Å². The molecular formula is C18H16BrClO3. The minimum Gasteiger partial charge on any atom is -0.465 e. The van der Waals surface area contributed by atoms with Gasteiger partial charge in [0.25, 0.3) is 0 Å². The van der Waals surface area contributed by atoms with Crippen LogP contribution in [0.5, 0.6) is 11.5 Å². The van der Waals surface area contributed by atoms with Crippen LogP contribution in [0.4, 0.5) is 0 Å². The van der Waals surface area contributed by atoms with Crippen LogP contribution in [0.2, 0.25) is 5.02 Å². The molecule has 120 valence electrons. The van der Waals surface area contributed by atoms with Crippen LogP contribution in [0.15, 0.2) is 34.8 Å². The molecule has 1 saturated carbocycles. The van der Waals surface area contributed by atoms with Crippen LogP contribution in [0.1, 0.15) is 40.2 Å². The monoisotopic (exact) mass is 394 g/mol. The van der Waals surface area contributed by atoms with Gasteiger partial charge in [-0.25, -0.2) is 4.79 Å². The fourth-order valence-electron chi connectivity index (χ4n) is 2.48. The Labute approximate surface area is 148 Å². The van der Waals surface area contributed by atoms with Crippen LogP contribution in [-0.2, 0) is 4.74 Å². The molecule has 1 fully saturated rings. The molecule has 0 saturated heterocycles. The van der Waals surface area contributed by atoms with Crippen molar-refractivity contribution < 1.29 is 14.3 Å². The Kier molecular flexibility index (Phi) is 4.64. The van der Waals surface area contributed by atoms with E-state index >= 15 is 0 Å². The number of benzene rings is 2. The lowest BCUT2D eigenvalue weighted by Gasteiger charge is -2.14. The van der Waals surface area contributed by atoms with E-state index in [-0.39, 0.29) is 5.97 Å². The second kappa shape index (κ2) is 6.54. The van der Waals surface area contributed by atoms with E-state index in [4.69, 9.17) is 21.1 Å². The summed E-state index contributed by atoms with van der Waals surface area (Å²) in [6.45, 7) is 1.99. The highest BCUT2D eigenvalue weighted by Gasteiger charge is 2.25. The zero-order valence-corrected chi connectivity index (χ0v) is 15.2. The number of hydrogen-bond acceptors (Lipinski definition) is 3. The van der Waals surface area contributed by atoms with Crippen molar-refractivity contribution >= 4 is 33.5 Å². The molecule has 0 aromatic heterocycles. The van der Waals surface area contributed by atoms with Gasteiger partial charge < -0.3 is 9.47 Å². The third-order valence-corrected chi connectivity index (χ3v) is 4.77. The Bertz CT molecular complexity index is 746. The summed E-state index contributed by atoms with van der Waals surface area (Å²) in [5, 5.41) is 0.607. The lowest BCUT2D eigenvalue weighted by Crippen LogP contribution is -2.01. The van der Waals surface area contributed by atoms with Crippen LogP contribution in [0.3, 0.4) is 0 Å². The minimum absolute atomic E-state index is 0.389. The Morgan fingerprint density at radius 3 is 2.57 bits per heavy atom. The molecule has 2 aromatic carbocycles. The fraction of sp³-hybridized carbons (Fsp3) is 0.278. The van der Waals surface area contributed by atoms with Gasteiger partial charge in [0.15, 0.2) is 0 Å². The van der Waals surface area contributed by atoms with Crippen molar-refractivity contribution in [3.8, 4) is 11.5 Å². The third kappa shape index (κ3) is 3.54.